The lowest BCUT2D eigenvalue weighted by atomic mass is 9.73. The van der Waals surface area contributed by atoms with E-state index in [1.807, 2.05) is 22.1 Å². The molecule has 2 fully saturated rings. The van der Waals surface area contributed by atoms with Crippen LogP contribution in [0.25, 0.3) is 0 Å². The van der Waals surface area contributed by atoms with Crippen molar-refractivity contribution in [2.24, 2.45) is 11.3 Å². The van der Waals surface area contributed by atoms with E-state index in [0.29, 0.717) is 51.4 Å². The summed E-state index contributed by atoms with van der Waals surface area (Å²) in [4.78, 5) is 16.6. The lowest BCUT2D eigenvalue weighted by Crippen LogP contribution is -2.51. The van der Waals surface area contributed by atoms with Crippen LogP contribution < -0.4 is 4.90 Å². The number of anilines is 1. The van der Waals surface area contributed by atoms with Gasteiger partial charge in [-0.15, -0.1) is 0 Å². The van der Waals surface area contributed by atoms with Crippen molar-refractivity contribution >= 4 is 11.6 Å². The van der Waals surface area contributed by atoms with Crippen LogP contribution in [-0.2, 0) is 22.3 Å². The van der Waals surface area contributed by atoms with Gasteiger partial charge in [0.05, 0.1) is 23.8 Å². The van der Waals surface area contributed by atoms with Crippen LogP contribution in [0.15, 0.2) is 36.7 Å². The minimum Gasteiger partial charge on any atom is -0.384 e. The first kappa shape index (κ1) is 23.1. The Morgan fingerprint density at radius 2 is 2.18 bits per heavy atom. The Kier molecular flexibility index (Phi) is 6.34. The van der Waals surface area contributed by atoms with Gasteiger partial charge in [-0.05, 0) is 30.7 Å². The molecule has 0 spiro atoms. The summed E-state index contributed by atoms with van der Waals surface area (Å²) in [7, 11) is 1.62. The molecule has 0 bridgehead atoms. The number of hydrogen-bond acceptors (Lipinski definition) is 5. The second-order valence-electron chi connectivity index (χ2n) is 8.82. The Hall–Kier alpha value is -3.06. The van der Waals surface area contributed by atoms with Crippen LogP contribution in [0.2, 0.25) is 0 Å². The first-order chi connectivity index (χ1) is 15.8. The number of carbonyl (C=O) groups is 1. The molecular weight excluding hydrogens is 435 g/mol. The van der Waals surface area contributed by atoms with Gasteiger partial charge in [-0.2, -0.15) is 23.5 Å². The van der Waals surface area contributed by atoms with Crippen LogP contribution in [0.5, 0.6) is 0 Å². The fourth-order valence-corrected chi connectivity index (χ4v) is 5.09. The van der Waals surface area contributed by atoms with E-state index in [-0.39, 0.29) is 22.8 Å². The summed E-state index contributed by atoms with van der Waals surface area (Å²) in [5.74, 6) is 0.123. The monoisotopic (exact) mass is 461 g/mol. The number of nitrogens with zero attached hydrogens (tertiary/aromatic N) is 5. The third kappa shape index (κ3) is 4.69. The highest BCUT2D eigenvalue weighted by Gasteiger charge is 2.50. The van der Waals surface area contributed by atoms with Gasteiger partial charge >= 0.3 is 6.18 Å². The number of hydrogen-bond donors (Lipinski definition) is 0. The zero-order valence-corrected chi connectivity index (χ0v) is 18.4. The van der Waals surface area contributed by atoms with E-state index in [1.165, 1.54) is 6.07 Å². The summed E-state index contributed by atoms with van der Waals surface area (Å²) in [5, 5.41) is 13.2. The number of halogens is 3. The van der Waals surface area contributed by atoms with Crippen molar-refractivity contribution in [1.29, 1.82) is 5.26 Å². The second kappa shape index (κ2) is 9.06. The number of aryl methyl sites for hydroxylation is 1. The largest absolute Gasteiger partial charge is 0.417 e. The molecule has 0 aliphatic carbocycles. The third-order valence-corrected chi connectivity index (χ3v) is 6.83. The van der Waals surface area contributed by atoms with Crippen molar-refractivity contribution < 1.29 is 22.7 Å². The lowest BCUT2D eigenvalue weighted by Gasteiger charge is -2.43. The summed E-state index contributed by atoms with van der Waals surface area (Å²) in [6, 6.07) is 7.30. The topological polar surface area (TPSA) is 74.4 Å². The van der Waals surface area contributed by atoms with E-state index < -0.39 is 11.7 Å². The fraction of sp³-hybridized carbons (Fsp3) is 0.522. The molecule has 10 heteroatoms. The van der Waals surface area contributed by atoms with E-state index in [0.717, 1.165) is 12.5 Å². The van der Waals surface area contributed by atoms with Gasteiger partial charge in [-0.25, -0.2) is 0 Å². The molecule has 4 rings (SSSR count). The summed E-state index contributed by atoms with van der Waals surface area (Å²) in [6.07, 6.45) is -0.0485. The molecule has 0 radical (unpaired) electrons. The molecule has 2 atom stereocenters. The predicted octanol–water partition coefficient (Wildman–Crippen LogP) is 3.17. The number of nitriles is 1. The van der Waals surface area contributed by atoms with Crippen molar-refractivity contribution in [3.8, 4) is 6.07 Å². The molecular formula is C23H26F3N5O2. The quantitative estimate of drug-likeness (QED) is 0.661. The summed E-state index contributed by atoms with van der Waals surface area (Å²) < 4.78 is 47.6. The number of aromatic nitrogens is 2. The number of alkyl halides is 3. The summed E-state index contributed by atoms with van der Waals surface area (Å²) >= 11 is 0. The van der Waals surface area contributed by atoms with Gasteiger partial charge < -0.3 is 14.5 Å². The van der Waals surface area contributed by atoms with E-state index in [4.69, 9.17) is 10.00 Å². The minimum absolute atomic E-state index is 0.0488. The average Bonchev–Trinajstić information content (AvgIpc) is 3.44. The second-order valence-corrected chi connectivity index (χ2v) is 8.82. The van der Waals surface area contributed by atoms with Crippen LogP contribution in [0.4, 0.5) is 18.9 Å². The highest BCUT2D eigenvalue weighted by molar-refractivity contribution is 5.76. The lowest BCUT2D eigenvalue weighted by molar-refractivity contribution is -0.138. The van der Waals surface area contributed by atoms with Gasteiger partial charge in [0.2, 0.25) is 5.91 Å². The Morgan fingerprint density at radius 1 is 1.36 bits per heavy atom. The van der Waals surface area contributed by atoms with Crippen molar-refractivity contribution in [2.75, 3.05) is 44.8 Å². The molecule has 7 nitrogen and oxygen atoms in total. The first-order valence-electron chi connectivity index (χ1n) is 10.9. The number of methoxy groups -OCH3 is 1. The van der Waals surface area contributed by atoms with Crippen LogP contribution in [-0.4, -0.2) is 60.5 Å². The number of likely N-dealkylation sites (tertiary alicyclic amines) is 1. The van der Waals surface area contributed by atoms with E-state index in [1.54, 1.807) is 30.1 Å². The van der Waals surface area contributed by atoms with E-state index >= 15 is 0 Å². The van der Waals surface area contributed by atoms with Gasteiger partial charge in [0.1, 0.15) is 0 Å². The molecule has 3 heterocycles. The van der Waals surface area contributed by atoms with Crippen LogP contribution in [0.3, 0.4) is 0 Å². The van der Waals surface area contributed by atoms with Gasteiger partial charge in [0.25, 0.3) is 0 Å². The molecule has 2 saturated heterocycles. The van der Waals surface area contributed by atoms with Crippen molar-refractivity contribution in [3.63, 3.8) is 0 Å². The number of piperidine rings is 1. The smallest absolute Gasteiger partial charge is 0.384 e. The maximum atomic E-state index is 13.5. The van der Waals surface area contributed by atoms with E-state index in [2.05, 4.69) is 5.10 Å². The van der Waals surface area contributed by atoms with Gasteiger partial charge in [0, 0.05) is 75.7 Å². The minimum atomic E-state index is -4.60. The fourth-order valence-electron chi connectivity index (χ4n) is 5.09. The van der Waals surface area contributed by atoms with Gasteiger partial charge in [-0.3, -0.25) is 9.48 Å². The highest BCUT2D eigenvalue weighted by Crippen LogP contribution is 2.45. The Bertz CT molecular complexity index is 1030. The molecule has 1 amide bonds. The van der Waals surface area contributed by atoms with Crippen molar-refractivity contribution in [2.45, 2.75) is 25.6 Å². The number of fused-ring (bicyclic) bond motifs is 1. The summed E-state index contributed by atoms with van der Waals surface area (Å²) in [6.45, 7) is 3.19. The maximum Gasteiger partial charge on any atom is 0.417 e. The zero-order chi connectivity index (χ0) is 23.6. The average molecular weight is 461 g/mol. The van der Waals surface area contributed by atoms with Gasteiger partial charge in [0.15, 0.2) is 0 Å². The van der Waals surface area contributed by atoms with E-state index in [9.17, 15) is 18.0 Å². The molecule has 0 unspecified atom stereocenters. The molecule has 0 N–H and O–H groups in total. The molecule has 1 aromatic carbocycles. The molecule has 33 heavy (non-hydrogen) atoms. The normalized spacial score (nSPS) is 22.8. The molecule has 176 valence electrons. The standard InChI is InChI=1S/C23H26F3N5O2/c1-33-16-22-6-10-29(21(32)5-9-31-8-2-7-28-31)13-18(22)14-30(15-22)19-4-3-17(12-27)20(11-19)23(24,25)26/h2-4,7-8,11,18H,5-6,9-10,13-16H2,1H3/t18-,22+/m1/s1. The summed E-state index contributed by atoms with van der Waals surface area (Å²) in [5.41, 5.74) is -1.11. The van der Waals surface area contributed by atoms with Gasteiger partial charge in [-0.1, -0.05) is 0 Å². The predicted molar refractivity (Wildman–Crippen MR) is 114 cm³/mol. The molecule has 1 aromatic heterocycles. The van der Waals surface area contributed by atoms with Crippen LogP contribution in [0, 0.1) is 22.7 Å². The zero-order valence-electron chi connectivity index (χ0n) is 18.4. The molecule has 0 saturated carbocycles. The Morgan fingerprint density at radius 3 is 2.85 bits per heavy atom. The Labute approximate surface area is 190 Å². The van der Waals surface area contributed by atoms with Crippen LogP contribution in [0.1, 0.15) is 24.0 Å². The number of amides is 1. The highest BCUT2D eigenvalue weighted by atomic mass is 19.4. The molecule has 2 aliphatic heterocycles. The first-order valence-corrected chi connectivity index (χ1v) is 10.9. The number of benzene rings is 1. The van der Waals surface area contributed by atoms with Crippen molar-refractivity contribution in [1.82, 2.24) is 14.7 Å². The Balaban J connectivity index is 1.50. The molecule has 2 aromatic rings. The third-order valence-electron chi connectivity index (χ3n) is 6.83. The number of ether oxygens (including phenoxy) is 1. The maximum absolute atomic E-state index is 13.5. The van der Waals surface area contributed by atoms with Crippen LogP contribution >= 0.6 is 0 Å². The number of carbonyl (C=O) groups excluding carboxylic acids is 1. The van der Waals surface area contributed by atoms with Crippen molar-refractivity contribution in [3.05, 3.63) is 47.8 Å². The SMILES string of the molecule is COC[C@@]12CCN(C(=O)CCn3cccn3)C[C@@H]1CN(c1ccc(C#N)c(C(F)(F)F)c1)C2. The molecule has 2 aliphatic rings. The number of rotatable bonds is 6.